The van der Waals surface area contributed by atoms with Crippen molar-refractivity contribution < 1.29 is 9.63 Å². The summed E-state index contributed by atoms with van der Waals surface area (Å²) in [6.45, 7) is 0. The first-order chi connectivity index (χ1) is 5.26. The van der Waals surface area contributed by atoms with E-state index in [9.17, 15) is 4.79 Å². The second-order valence-corrected chi connectivity index (χ2v) is 1.62. The Morgan fingerprint density at radius 3 is 2.82 bits per heavy atom. The van der Waals surface area contributed by atoms with Crippen LogP contribution in [0.15, 0.2) is 10.3 Å². The molecule has 0 aliphatic rings. The smallest absolute Gasteiger partial charge is 0.351 e. The summed E-state index contributed by atoms with van der Waals surface area (Å²) in [7, 11) is 0. The van der Waals surface area contributed by atoms with E-state index in [-0.39, 0.29) is 6.42 Å². The number of rotatable bonds is 4. The van der Waals surface area contributed by atoms with Crippen LogP contribution in [0.4, 0.5) is 0 Å². The van der Waals surface area contributed by atoms with Crippen molar-refractivity contribution in [1.29, 1.82) is 5.41 Å². The van der Waals surface area contributed by atoms with Gasteiger partial charge in [0.05, 0.1) is 0 Å². The molecule has 0 bridgehead atoms. The highest BCUT2D eigenvalue weighted by Crippen LogP contribution is 1.97. The van der Waals surface area contributed by atoms with Crippen molar-refractivity contribution in [2.24, 2.45) is 22.1 Å². The Kier molecular flexibility index (Phi) is 4.58. The standard InChI is InChI=1S/C4H9N5O2/c5-2-1-3(8-9-6)4(10)11-7/h2-3,5H,1,7H2,(H2,6,8)/t3-/m0/s1. The fourth-order valence-corrected chi connectivity index (χ4v) is 0.461. The minimum Gasteiger partial charge on any atom is -0.372 e. The molecule has 11 heavy (non-hydrogen) atoms. The Bertz CT molecular complexity index is 168. The fraction of sp³-hybridized carbons (Fsp3) is 0.500. The van der Waals surface area contributed by atoms with Gasteiger partial charge in [-0.15, -0.1) is 0 Å². The quantitative estimate of drug-likeness (QED) is 0.213. The molecule has 62 valence electrons. The van der Waals surface area contributed by atoms with Crippen molar-refractivity contribution in [2.75, 3.05) is 0 Å². The van der Waals surface area contributed by atoms with E-state index in [1.54, 1.807) is 0 Å². The molecule has 0 aromatic carbocycles. The maximum atomic E-state index is 10.6. The molecule has 0 rings (SSSR count). The van der Waals surface area contributed by atoms with Gasteiger partial charge in [-0.2, -0.15) is 11.0 Å². The fourth-order valence-electron chi connectivity index (χ4n) is 0.461. The van der Waals surface area contributed by atoms with E-state index in [0.29, 0.717) is 0 Å². The average Bonchev–Trinajstić information content (AvgIpc) is 2.03. The predicted molar refractivity (Wildman–Crippen MR) is 36.5 cm³/mol. The number of hydrogen-bond donors (Lipinski definition) is 3. The second-order valence-electron chi connectivity index (χ2n) is 1.62. The first kappa shape index (κ1) is 9.50. The highest BCUT2D eigenvalue weighted by atomic mass is 16.7. The predicted octanol–water partition coefficient (Wildman–Crippen LogP) is -0.863. The van der Waals surface area contributed by atoms with Gasteiger partial charge in [-0.3, -0.25) is 0 Å². The average molecular weight is 159 g/mol. The van der Waals surface area contributed by atoms with E-state index in [4.69, 9.17) is 5.41 Å². The van der Waals surface area contributed by atoms with Crippen molar-refractivity contribution in [3.05, 3.63) is 0 Å². The summed E-state index contributed by atoms with van der Waals surface area (Å²) in [5.41, 5.74) is 0. The zero-order chi connectivity index (χ0) is 8.69. The van der Waals surface area contributed by atoms with Crippen LogP contribution < -0.4 is 11.7 Å². The van der Waals surface area contributed by atoms with Gasteiger partial charge < -0.3 is 16.1 Å². The summed E-state index contributed by atoms with van der Waals surface area (Å²) in [5.74, 6) is 8.49. The summed E-state index contributed by atoms with van der Waals surface area (Å²) in [5, 5.41) is 12.8. The molecule has 0 spiro atoms. The molecule has 1 atom stereocenters. The third-order valence-electron chi connectivity index (χ3n) is 0.935. The highest BCUT2D eigenvalue weighted by Gasteiger charge is 2.17. The van der Waals surface area contributed by atoms with Crippen molar-refractivity contribution in [1.82, 2.24) is 0 Å². The van der Waals surface area contributed by atoms with Gasteiger partial charge in [-0.05, 0) is 6.21 Å². The first-order valence-corrected chi connectivity index (χ1v) is 2.75. The minimum atomic E-state index is -0.900. The van der Waals surface area contributed by atoms with Crippen molar-refractivity contribution >= 4 is 12.2 Å². The Morgan fingerprint density at radius 2 is 2.45 bits per heavy atom. The van der Waals surface area contributed by atoms with Gasteiger partial charge in [0.2, 0.25) is 0 Å². The van der Waals surface area contributed by atoms with Crippen molar-refractivity contribution in [3.8, 4) is 0 Å². The summed E-state index contributed by atoms with van der Waals surface area (Å²) in [6.07, 6.45) is 1.08. The van der Waals surface area contributed by atoms with Crippen LogP contribution in [0.1, 0.15) is 6.42 Å². The van der Waals surface area contributed by atoms with E-state index in [2.05, 4.69) is 26.9 Å². The van der Waals surface area contributed by atoms with Crippen LogP contribution in [0.25, 0.3) is 0 Å². The molecule has 0 unspecified atom stereocenters. The third kappa shape index (κ3) is 3.26. The van der Waals surface area contributed by atoms with Gasteiger partial charge >= 0.3 is 5.97 Å². The molecule has 0 saturated heterocycles. The summed E-state index contributed by atoms with van der Waals surface area (Å²) in [6, 6.07) is -0.900. The zero-order valence-electron chi connectivity index (χ0n) is 5.73. The van der Waals surface area contributed by atoms with Crippen LogP contribution in [-0.2, 0) is 9.63 Å². The normalized spacial score (nSPS) is 12.8. The molecule has 0 aromatic rings. The molecule has 0 aliphatic heterocycles. The van der Waals surface area contributed by atoms with Gasteiger partial charge in [-0.1, -0.05) is 5.22 Å². The lowest BCUT2D eigenvalue weighted by atomic mass is 10.2. The highest BCUT2D eigenvalue weighted by molar-refractivity contribution is 5.78. The van der Waals surface area contributed by atoms with Crippen LogP contribution in [-0.4, -0.2) is 18.2 Å². The van der Waals surface area contributed by atoms with Crippen LogP contribution in [0.5, 0.6) is 0 Å². The molecule has 5 N–H and O–H groups in total. The van der Waals surface area contributed by atoms with Gasteiger partial charge in [0, 0.05) is 6.42 Å². The van der Waals surface area contributed by atoms with E-state index in [1.807, 2.05) is 0 Å². The monoisotopic (exact) mass is 159 g/mol. The lowest BCUT2D eigenvalue weighted by Gasteiger charge is -2.02. The second kappa shape index (κ2) is 5.30. The molecule has 0 aliphatic carbocycles. The molecule has 0 fully saturated rings. The first-order valence-electron chi connectivity index (χ1n) is 2.75. The molecule has 0 aromatic heterocycles. The largest absolute Gasteiger partial charge is 0.372 e. The van der Waals surface area contributed by atoms with Crippen LogP contribution in [0.3, 0.4) is 0 Å². The Balaban J connectivity index is 4.08. The van der Waals surface area contributed by atoms with E-state index < -0.39 is 12.0 Å². The minimum absolute atomic E-state index is 0.0801. The zero-order valence-corrected chi connectivity index (χ0v) is 5.73. The Labute approximate surface area is 62.8 Å². The van der Waals surface area contributed by atoms with E-state index in [1.165, 1.54) is 0 Å². The number of carbonyl (C=O) groups excluding carboxylic acids is 1. The Morgan fingerprint density at radius 1 is 1.82 bits per heavy atom. The van der Waals surface area contributed by atoms with Gasteiger partial charge in [0.25, 0.3) is 0 Å². The molecule has 0 radical (unpaired) electrons. The third-order valence-corrected chi connectivity index (χ3v) is 0.935. The molecular formula is C4H9N5O2. The van der Waals surface area contributed by atoms with Gasteiger partial charge in [-0.25, -0.2) is 4.79 Å². The maximum absolute atomic E-state index is 10.6. The molecule has 0 saturated carbocycles. The van der Waals surface area contributed by atoms with Crippen LogP contribution in [0.2, 0.25) is 0 Å². The number of nitrogens with two attached hydrogens (primary N) is 2. The summed E-state index contributed by atoms with van der Waals surface area (Å²) < 4.78 is 0. The van der Waals surface area contributed by atoms with Gasteiger partial charge in [0.1, 0.15) is 0 Å². The van der Waals surface area contributed by atoms with Gasteiger partial charge in [0.15, 0.2) is 6.04 Å². The maximum Gasteiger partial charge on any atom is 0.351 e. The molecule has 7 nitrogen and oxygen atoms in total. The van der Waals surface area contributed by atoms with Crippen LogP contribution in [0, 0.1) is 5.41 Å². The van der Waals surface area contributed by atoms with Crippen molar-refractivity contribution in [2.45, 2.75) is 12.5 Å². The number of nitrogens with zero attached hydrogens (tertiary/aromatic N) is 2. The lowest BCUT2D eigenvalue weighted by molar-refractivity contribution is -0.145. The molecule has 7 heteroatoms. The summed E-state index contributed by atoms with van der Waals surface area (Å²) in [4.78, 5) is 14.5. The van der Waals surface area contributed by atoms with Crippen molar-refractivity contribution in [3.63, 3.8) is 0 Å². The molecule has 0 heterocycles. The Hall–Kier alpha value is -1.50. The molecular weight excluding hydrogens is 150 g/mol. The number of nitrogens with one attached hydrogen (secondary N) is 1. The topological polar surface area (TPSA) is 127 Å². The molecule has 0 amide bonds. The van der Waals surface area contributed by atoms with E-state index in [0.717, 1.165) is 6.21 Å². The number of carbonyl (C=O) groups is 1. The number of hydrogen-bond acceptors (Lipinski definition) is 6. The lowest BCUT2D eigenvalue weighted by Crippen LogP contribution is -2.24. The SMILES string of the molecule is N=CC[C@H](N=NN)C(=O)ON. The van der Waals surface area contributed by atoms with Crippen LogP contribution >= 0.6 is 0 Å². The van der Waals surface area contributed by atoms with E-state index >= 15 is 0 Å². The summed E-state index contributed by atoms with van der Waals surface area (Å²) >= 11 is 0.